The Morgan fingerprint density at radius 3 is 2.62 bits per heavy atom. The minimum Gasteiger partial charge on any atom is -0.480 e. The van der Waals surface area contributed by atoms with Crippen LogP contribution in [0.2, 0.25) is 0 Å². The van der Waals surface area contributed by atoms with E-state index in [2.05, 4.69) is 5.32 Å². The van der Waals surface area contributed by atoms with Gasteiger partial charge in [0.2, 0.25) is 0 Å². The fourth-order valence-corrected chi connectivity index (χ4v) is 2.77. The Morgan fingerprint density at radius 2 is 2.05 bits per heavy atom. The molecule has 2 saturated heterocycles. The van der Waals surface area contributed by atoms with Crippen LogP contribution < -0.4 is 5.32 Å². The van der Waals surface area contributed by atoms with E-state index in [1.165, 1.54) is 0 Å². The highest BCUT2D eigenvalue weighted by atomic mass is 16.5. The van der Waals surface area contributed by atoms with Gasteiger partial charge in [-0.15, -0.1) is 0 Å². The number of nitrogens with one attached hydrogen (secondary N) is 1. The minimum atomic E-state index is -0.813. The summed E-state index contributed by atoms with van der Waals surface area (Å²) in [6.07, 6.45) is 2.05. The third-order valence-corrected chi connectivity index (χ3v) is 4.36. The number of nitrogens with zero attached hydrogens (tertiary/aromatic N) is 2. The topological polar surface area (TPSA) is 82.1 Å². The number of ether oxygens (including phenoxy) is 1. The SMILES string of the molecule is CC(C(=O)O)N1CCN(C(=O)NCCC2CCOC2)CC1. The lowest BCUT2D eigenvalue weighted by atomic mass is 10.1. The summed E-state index contributed by atoms with van der Waals surface area (Å²) in [5.74, 6) is -0.245. The predicted octanol–water partition coefficient (Wildman–Crippen LogP) is 0.213. The molecule has 21 heavy (non-hydrogen) atoms. The van der Waals surface area contributed by atoms with Crippen molar-refractivity contribution in [3.05, 3.63) is 0 Å². The Morgan fingerprint density at radius 1 is 1.33 bits per heavy atom. The minimum absolute atomic E-state index is 0.0449. The molecule has 2 aliphatic heterocycles. The normalized spacial score (nSPS) is 24.8. The van der Waals surface area contributed by atoms with Gasteiger partial charge in [0.15, 0.2) is 0 Å². The number of rotatable bonds is 5. The Bertz CT molecular complexity index is 363. The fourth-order valence-electron chi connectivity index (χ4n) is 2.77. The zero-order valence-corrected chi connectivity index (χ0v) is 12.6. The van der Waals surface area contributed by atoms with Crippen LogP contribution in [-0.4, -0.2) is 78.9 Å². The molecule has 0 aromatic heterocycles. The molecule has 0 aromatic carbocycles. The molecular weight excluding hydrogens is 274 g/mol. The van der Waals surface area contributed by atoms with Gasteiger partial charge in [0.25, 0.3) is 0 Å². The highest BCUT2D eigenvalue weighted by Crippen LogP contribution is 2.15. The first-order chi connectivity index (χ1) is 10.1. The number of hydrogen-bond donors (Lipinski definition) is 2. The molecule has 2 unspecified atom stereocenters. The summed E-state index contributed by atoms with van der Waals surface area (Å²) in [6.45, 7) is 6.38. The van der Waals surface area contributed by atoms with Gasteiger partial charge in [-0.05, 0) is 25.7 Å². The van der Waals surface area contributed by atoms with Gasteiger partial charge < -0.3 is 20.1 Å². The number of piperazine rings is 1. The van der Waals surface area contributed by atoms with E-state index in [4.69, 9.17) is 9.84 Å². The Kier molecular flexibility index (Phi) is 5.81. The van der Waals surface area contributed by atoms with Gasteiger partial charge in [0.1, 0.15) is 6.04 Å². The molecule has 2 rings (SSSR count). The number of hydrogen-bond acceptors (Lipinski definition) is 4. The van der Waals surface area contributed by atoms with Crippen molar-refractivity contribution in [2.45, 2.75) is 25.8 Å². The van der Waals surface area contributed by atoms with Crippen molar-refractivity contribution in [1.82, 2.24) is 15.1 Å². The van der Waals surface area contributed by atoms with E-state index in [0.717, 1.165) is 26.1 Å². The van der Waals surface area contributed by atoms with E-state index in [-0.39, 0.29) is 6.03 Å². The summed E-state index contributed by atoms with van der Waals surface area (Å²) in [5, 5.41) is 11.9. The molecule has 0 aliphatic carbocycles. The standard InChI is InChI=1S/C14H25N3O4/c1-11(13(18)19)16-5-7-17(8-6-16)14(20)15-4-2-12-3-9-21-10-12/h11-12H,2-10H2,1H3,(H,15,20)(H,18,19). The Hall–Kier alpha value is -1.34. The highest BCUT2D eigenvalue weighted by Gasteiger charge is 2.27. The monoisotopic (exact) mass is 299 g/mol. The molecule has 7 nitrogen and oxygen atoms in total. The fraction of sp³-hybridized carbons (Fsp3) is 0.857. The zero-order valence-electron chi connectivity index (χ0n) is 12.6. The summed E-state index contributed by atoms with van der Waals surface area (Å²) >= 11 is 0. The number of carbonyl (C=O) groups excluding carboxylic acids is 1. The molecule has 0 saturated carbocycles. The first-order valence-electron chi connectivity index (χ1n) is 7.65. The second-order valence-electron chi connectivity index (χ2n) is 5.79. The quantitative estimate of drug-likeness (QED) is 0.758. The van der Waals surface area contributed by atoms with Crippen molar-refractivity contribution in [1.29, 1.82) is 0 Å². The van der Waals surface area contributed by atoms with Gasteiger partial charge in [0.05, 0.1) is 0 Å². The van der Waals surface area contributed by atoms with Crippen LogP contribution in [0, 0.1) is 5.92 Å². The third kappa shape index (κ3) is 4.57. The second-order valence-corrected chi connectivity index (χ2v) is 5.79. The molecule has 2 amide bonds. The maximum Gasteiger partial charge on any atom is 0.320 e. The smallest absolute Gasteiger partial charge is 0.320 e. The van der Waals surface area contributed by atoms with Crippen LogP contribution in [0.3, 0.4) is 0 Å². The second kappa shape index (κ2) is 7.61. The van der Waals surface area contributed by atoms with E-state index in [9.17, 15) is 9.59 Å². The molecule has 120 valence electrons. The summed E-state index contributed by atoms with van der Waals surface area (Å²) in [7, 11) is 0. The van der Waals surface area contributed by atoms with Crippen LogP contribution in [0.5, 0.6) is 0 Å². The molecule has 0 radical (unpaired) electrons. The van der Waals surface area contributed by atoms with E-state index >= 15 is 0 Å². The number of aliphatic carboxylic acids is 1. The van der Waals surface area contributed by atoms with Crippen LogP contribution in [-0.2, 0) is 9.53 Å². The van der Waals surface area contributed by atoms with Crippen LogP contribution in [0.4, 0.5) is 4.79 Å². The number of urea groups is 1. The van der Waals surface area contributed by atoms with Gasteiger partial charge in [-0.3, -0.25) is 9.69 Å². The number of carboxylic acids is 1. The molecular formula is C14H25N3O4. The number of carboxylic acid groups (broad SMARTS) is 1. The lowest BCUT2D eigenvalue weighted by Gasteiger charge is -2.36. The van der Waals surface area contributed by atoms with E-state index < -0.39 is 12.0 Å². The average Bonchev–Trinajstić information content (AvgIpc) is 2.99. The van der Waals surface area contributed by atoms with Gasteiger partial charge in [-0.1, -0.05) is 0 Å². The summed E-state index contributed by atoms with van der Waals surface area (Å²) < 4.78 is 5.31. The van der Waals surface area contributed by atoms with Crippen molar-refractivity contribution in [3.63, 3.8) is 0 Å². The van der Waals surface area contributed by atoms with Gasteiger partial charge in [-0.25, -0.2) is 4.79 Å². The molecule has 2 fully saturated rings. The van der Waals surface area contributed by atoms with Crippen LogP contribution in [0.15, 0.2) is 0 Å². The summed E-state index contributed by atoms with van der Waals surface area (Å²) in [5.41, 5.74) is 0. The van der Waals surface area contributed by atoms with Gasteiger partial charge in [-0.2, -0.15) is 0 Å². The molecule has 2 atom stereocenters. The van der Waals surface area contributed by atoms with E-state index in [1.807, 2.05) is 4.90 Å². The van der Waals surface area contributed by atoms with Crippen molar-refractivity contribution < 1.29 is 19.4 Å². The van der Waals surface area contributed by atoms with E-state index in [1.54, 1.807) is 11.8 Å². The van der Waals surface area contributed by atoms with Gasteiger partial charge in [0, 0.05) is 45.9 Å². The molecule has 2 N–H and O–H groups in total. The van der Waals surface area contributed by atoms with Crippen molar-refractivity contribution in [2.24, 2.45) is 5.92 Å². The maximum atomic E-state index is 12.0. The lowest BCUT2D eigenvalue weighted by molar-refractivity contribution is -0.143. The molecule has 2 aliphatic rings. The van der Waals surface area contributed by atoms with Crippen molar-refractivity contribution in [2.75, 3.05) is 45.9 Å². The number of amides is 2. The molecule has 0 aromatic rings. The summed E-state index contributed by atoms with van der Waals surface area (Å²) in [4.78, 5) is 26.6. The Labute approximate surface area is 125 Å². The lowest BCUT2D eigenvalue weighted by Crippen LogP contribution is -2.55. The molecule has 0 spiro atoms. The van der Waals surface area contributed by atoms with Crippen molar-refractivity contribution >= 4 is 12.0 Å². The Balaban J connectivity index is 1.64. The van der Waals surface area contributed by atoms with Crippen LogP contribution in [0.25, 0.3) is 0 Å². The molecule has 2 heterocycles. The first kappa shape index (κ1) is 16.0. The first-order valence-corrected chi connectivity index (χ1v) is 7.65. The predicted molar refractivity (Wildman–Crippen MR) is 77.2 cm³/mol. The molecule has 0 bridgehead atoms. The average molecular weight is 299 g/mol. The summed E-state index contributed by atoms with van der Waals surface area (Å²) in [6, 6.07) is -0.533. The van der Waals surface area contributed by atoms with Crippen LogP contribution >= 0.6 is 0 Å². The zero-order chi connectivity index (χ0) is 15.2. The third-order valence-electron chi connectivity index (χ3n) is 4.36. The molecule has 7 heteroatoms. The largest absolute Gasteiger partial charge is 0.480 e. The van der Waals surface area contributed by atoms with E-state index in [0.29, 0.717) is 38.6 Å². The number of carbonyl (C=O) groups is 2. The van der Waals surface area contributed by atoms with Crippen molar-refractivity contribution in [3.8, 4) is 0 Å². The highest BCUT2D eigenvalue weighted by molar-refractivity contribution is 5.74. The van der Waals surface area contributed by atoms with Gasteiger partial charge >= 0.3 is 12.0 Å². The van der Waals surface area contributed by atoms with Crippen LogP contribution in [0.1, 0.15) is 19.8 Å². The maximum absolute atomic E-state index is 12.0.